The number of alkyl halides is 3. The molecule has 0 atom stereocenters. The number of rotatable bonds is 2. The van der Waals surface area contributed by atoms with Gasteiger partial charge in [0.25, 0.3) is 5.91 Å². The SMILES string of the molecule is CC(C)(C)OC(=O)N1CCc2nc(NC(=O)c3ccccc3C(F)(F)F)sc2C1. The molecule has 1 N–H and O–H groups in total. The summed E-state index contributed by atoms with van der Waals surface area (Å²) in [6.45, 7) is 6.02. The number of fused-ring (bicyclic) bond motifs is 1. The predicted octanol–water partition coefficient (Wildman–Crippen LogP) is 4.71. The van der Waals surface area contributed by atoms with E-state index in [2.05, 4.69) is 10.3 Å². The molecule has 0 saturated heterocycles. The van der Waals surface area contributed by atoms with Crippen molar-refractivity contribution >= 4 is 28.5 Å². The Kier molecular flexibility index (Phi) is 5.57. The fourth-order valence-electron chi connectivity index (χ4n) is 2.82. The van der Waals surface area contributed by atoms with Crippen LogP contribution in [0.25, 0.3) is 0 Å². The number of nitrogens with one attached hydrogen (secondary N) is 1. The Hall–Kier alpha value is -2.62. The molecule has 2 amide bonds. The number of hydrogen-bond donors (Lipinski definition) is 1. The van der Waals surface area contributed by atoms with Gasteiger partial charge in [-0.25, -0.2) is 9.78 Å². The number of aromatic nitrogens is 1. The lowest BCUT2D eigenvalue weighted by atomic mass is 10.1. The second-order valence-electron chi connectivity index (χ2n) is 7.54. The van der Waals surface area contributed by atoms with Crippen molar-refractivity contribution in [3.63, 3.8) is 0 Å². The van der Waals surface area contributed by atoms with E-state index in [-0.39, 0.29) is 11.7 Å². The van der Waals surface area contributed by atoms with Gasteiger partial charge in [-0.2, -0.15) is 13.2 Å². The first kappa shape index (κ1) is 21.1. The van der Waals surface area contributed by atoms with Crippen molar-refractivity contribution in [1.82, 2.24) is 9.88 Å². The van der Waals surface area contributed by atoms with Gasteiger partial charge in [0.05, 0.1) is 23.4 Å². The summed E-state index contributed by atoms with van der Waals surface area (Å²) in [7, 11) is 0. The van der Waals surface area contributed by atoms with E-state index < -0.39 is 34.9 Å². The molecule has 6 nitrogen and oxygen atoms in total. The average Bonchev–Trinajstić information content (AvgIpc) is 3.00. The maximum atomic E-state index is 13.1. The predicted molar refractivity (Wildman–Crippen MR) is 102 cm³/mol. The van der Waals surface area contributed by atoms with Crippen molar-refractivity contribution in [3.8, 4) is 0 Å². The van der Waals surface area contributed by atoms with Gasteiger partial charge in [0.2, 0.25) is 0 Å². The van der Waals surface area contributed by atoms with Gasteiger partial charge in [0.1, 0.15) is 5.60 Å². The highest BCUT2D eigenvalue weighted by molar-refractivity contribution is 7.15. The third kappa shape index (κ3) is 5.06. The molecule has 1 aromatic carbocycles. The van der Waals surface area contributed by atoms with Crippen molar-refractivity contribution in [2.75, 3.05) is 11.9 Å². The number of amides is 2. The lowest BCUT2D eigenvalue weighted by molar-refractivity contribution is -0.137. The van der Waals surface area contributed by atoms with Gasteiger partial charge < -0.3 is 9.64 Å². The molecule has 2 aromatic rings. The summed E-state index contributed by atoms with van der Waals surface area (Å²) in [6.07, 6.45) is -4.61. The van der Waals surface area contributed by atoms with E-state index in [4.69, 9.17) is 4.74 Å². The van der Waals surface area contributed by atoms with E-state index in [9.17, 15) is 22.8 Å². The number of anilines is 1. The van der Waals surface area contributed by atoms with Gasteiger partial charge in [-0.3, -0.25) is 10.1 Å². The summed E-state index contributed by atoms with van der Waals surface area (Å²) in [5.74, 6) is -0.881. The maximum Gasteiger partial charge on any atom is 0.417 e. The van der Waals surface area contributed by atoms with Gasteiger partial charge in [0.15, 0.2) is 5.13 Å². The summed E-state index contributed by atoms with van der Waals surface area (Å²) in [5.41, 5.74) is -1.37. The van der Waals surface area contributed by atoms with E-state index >= 15 is 0 Å². The Bertz CT molecular complexity index is 935. The third-order valence-electron chi connectivity index (χ3n) is 4.08. The fraction of sp³-hybridized carbons (Fsp3) is 0.421. The van der Waals surface area contributed by atoms with Crippen LogP contribution in [-0.4, -0.2) is 34.0 Å². The second kappa shape index (κ2) is 7.66. The van der Waals surface area contributed by atoms with Crippen molar-refractivity contribution < 1.29 is 27.5 Å². The average molecular weight is 427 g/mol. The second-order valence-corrected chi connectivity index (χ2v) is 8.62. The van der Waals surface area contributed by atoms with Crippen LogP contribution in [-0.2, 0) is 23.9 Å². The molecule has 10 heteroatoms. The molecule has 3 rings (SSSR count). The van der Waals surface area contributed by atoms with Crippen molar-refractivity contribution in [2.45, 2.75) is 45.5 Å². The highest BCUT2D eigenvalue weighted by atomic mass is 32.1. The van der Waals surface area contributed by atoms with E-state index in [1.165, 1.54) is 17.0 Å². The van der Waals surface area contributed by atoms with Crippen LogP contribution in [0.5, 0.6) is 0 Å². The Morgan fingerprint density at radius 2 is 1.90 bits per heavy atom. The summed E-state index contributed by atoms with van der Waals surface area (Å²) in [6, 6.07) is 4.58. The lowest BCUT2D eigenvalue weighted by Crippen LogP contribution is -2.39. The zero-order valence-electron chi connectivity index (χ0n) is 16.1. The zero-order valence-corrected chi connectivity index (χ0v) is 16.9. The standard InChI is InChI=1S/C19H20F3N3O3S/c1-18(2,3)28-17(27)25-9-8-13-14(10-25)29-16(23-13)24-15(26)11-6-4-5-7-12(11)19(20,21)22/h4-7H,8-10H2,1-3H3,(H,23,24,26). The van der Waals surface area contributed by atoms with E-state index in [0.29, 0.717) is 18.7 Å². The Labute approximate surface area is 169 Å². The van der Waals surface area contributed by atoms with Gasteiger partial charge >= 0.3 is 12.3 Å². The monoisotopic (exact) mass is 427 g/mol. The molecule has 1 aliphatic heterocycles. The number of carbonyl (C=O) groups is 2. The minimum atomic E-state index is -4.63. The largest absolute Gasteiger partial charge is 0.444 e. The summed E-state index contributed by atoms with van der Waals surface area (Å²) in [4.78, 5) is 31.2. The molecule has 156 valence electrons. The molecule has 1 aliphatic rings. The number of hydrogen-bond acceptors (Lipinski definition) is 5. The molecule has 0 radical (unpaired) electrons. The van der Waals surface area contributed by atoms with Crippen molar-refractivity contribution in [2.24, 2.45) is 0 Å². The molecule has 0 bridgehead atoms. The van der Waals surface area contributed by atoms with Crippen LogP contribution in [0.3, 0.4) is 0 Å². The first-order valence-corrected chi connectivity index (χ1v) is 9.70. The van der Waals surface area contributed by atoms with Crippen LogP contribution < -0.4 is 5.32 Å². The third-order valence-corrected chi connectivity index (χ3v) is 5.08. The minimum absolute atomic E-state index is 0.197. The molecule has 0 unspecified atom stereocenters. The highest BCUT2D eigenvalue weighted by Crippen LogP contribution is 2.33. The summed E-state index contributed by atoms with van der Waals surface area (Å²) < 4.78 is 44.7. The normalized spacial score (nSPS) is 14.3. The number of nitrogens with zero attached hydrogens (tertiary/aromatic N) is 2. The van der Waals surface area contributed by atoms with Crippen LogP contribution in [0.4, 0.5) is 23.1 Å². The van der Waals surface area contributed by atoms with E-state index in [1.807, 2.05) is 0 Å². The van der Waals surface area contributed by atoms with E-state index in [1.54, 1.807) is 20.8 Å². The molecule has 0 saturated carbocycles. The summed E-state index contributed by atoms with van der Waals surface area (Å²) in [5, 5.41) is 2.64. The van der Waals surface area contributed by atoms with Gasteiger partial charge in [0, 0.05) is 17.8 Å². The number of thiazole rings is 1. The molecular formula is C19H20F3N3O3S. The first-order chi connectivity index (χ1) is 13.4. The quantitative estimate of drug-likeness (QED) is 0.754. The Balaban J connectivity index is 1.73. The lowest BCUT2D eigenvalue weighted by Gasteiger charge is -2.29. The van der Waals surface area contributed by atoms with Crippen LogP contribution in [0, 0.1) is 0 Å². The minimum Gasteiger partial charge on any atom is -0.444 e. The first-order valence-electron chi connectivity index (χ1n) is 8.88. The molecule has 0 fully saturated rings. The van der Waals surface area contributed by atoms with Crippen molar-refractivity contribution in [1.29, 1.82) is 0 Å². The number of benzene rings is 1. The van der Waals surface area contributed by atoms with Gasteiger partial charge in [-0.1, -0.05) is 23.5 Å². The van der Waals surface area contributed by atoms with Crippen LogP contribution in [0.1, 0.15) is 47.3 Å². The molecule has 0 spiro atoms. The number of ether oxygens (including phenoxy) is 1. The molecule has 0 aliphatic carbocycles. The Morgan fingerprint density at radius 1 is 1.21 bits per heavy atom. The highest BCUT2D eigenvalue weighted by Gasteiger charge is 2.35. The van der Waals surface area contributed by atoms with Crippen LogP contribution in [0.15, 0.2) is 24.3 Å². The molecule has 29 heavy (non-hydrogen) atoms. The fourth-order valence-corrected chi connectivity index (χ4v) is 3.84. The zero-order chi connectivity index (χ0) is 21.4. The van der Waals surface area contributed by atoms with E-state index in [0.717, 1.165) is 28.3 Å². The number of halogens is 3. The van der Waals surface area contributed by atoms with Crippen LogP contribution >= 0.6 is 11.3 Å². The molecule has 2 heterocycles. The van der Waals surface area contributed by atoms with Crippen LogP contribution in [0.2, 0.25) is 0 Å². The molecular weight excluding hydrogens is 407 g/mol. The smallest absolute Gasteiger partial charge is 0.417 e. The van der Waals surface area contributed by atoms with Crippen molar-refractivity contribution in [3.05, 3.63) is 46.0 Å². The summed E-state index contributed by atoms with van der Waals surface area (Å²) >= 11 is 1.14. The van der Waals surface area contributed by atoms with Gasteiger partial charge in [-0.05, 0) is 32.9 Å². The van der Waals surface area contributed by atoms with Gasteiger partial charge in [-0.15, -0.1) is 0 Å². The molecule has 1 aromatic heterocycles. The topological polar surface area (TPSA) is 71.5 Å². The maximum absolute atomic E-state index is 13.1. The number of carbonyl (C=O) groups excluding carboxylic acids is 2. The Morgan fingerprint density at radius 3 is 2.55 bits per heavy atom.